The molecule has 0 aliphatic heterocycles. The highest BCUT2D eigenvalue weighted by Crippen LogP contribution is 2.17. The van der Waals surface area contributed by atoms with E-state index in [0.29, 0.717) is 5.71 Å². The maximum atomic E-state index is 7.66. The molecule has 0 saturated heterocycles. The molecule has 0 unspecified atom stereocenters. The topological polar surface area (TPSA) is 23.9 Å². The van der Waals surface area contributed by atoms with E-state index in [-0.39, 0.29) is 0 Å². The first-order valence-electron chi connectivity index (χ1n) is 6.09. The Balaban J connectivity index is 3.04. The molecule has 0 heterocycles. The minimum absolute atomic E-state index is 0.596. The zero-order valence-electron chi connectivity index (χ0n) is 11.7. The van der Waals surface area contributed by atoms with Gasteiger partial charge in [-0.3, -0.25) is 0 Å². The molecule has 1 aromatic carbocycles. The number of rotatable bonds is 4. The Morgan fingerprint density at radius 3 is 2.22 bits per heavy atom. The highest BCUT2D eigenvalue weighted by atomic mass is 14.4. The summed E-state index contributed by atoms with van der Waals surface area (Å²) in [6.07, 6.45) is 4.18. The van der Waals surface area contributed by atoms with Crippen LogP contribution in [-0.2, 0) is 0 Å². The maximum absolute atomic E-state index is 7.66. The van der Waals surface area contributed by atoms with Crippen molar-refractivity contribution in [1.82, 2.24) is 0 Å². The van der Waals surface area contributed by atoms with Crippen LogP contribution < -0.4 is 0 Å². The lowest BCUT2D eigenvalue weighted by molar-refractivity contribution is 1.36. The lowest BCUT2D eigenvalue weighted by Crippen LogP contribution is -1.92. The van der Waals surface area contributed by atoms with Crippen molar-refractivity contribution in [3.05, 3.63) is 65.3 Å². The fourth-order valence-corrected chi connectivity index (χ4v) is 1.49. The normalized spacial score (nSPS) is 12.4. The minimum Gasteiger partial charge on any atom is -0.305 e. The SMILES string of the molecule is C=C(C)C(C)=C/C=C(\C)c1cccc(C(C)=N)c1. The molecular formula is C17H21N. The van der Waals surface area contributed by atoms with E-state index in [4.69, 9.17) is 5.41 Å². The molecule has 1 aromatic rings. The molecule has 0 saturated carbocycles. The molecule has 94 valence electrons. The Labute approximate surface area is 110 Å². The molecule has 0 aromatic heterocycles. The zero-order chi connectivity index (χ0) is 13.7. The van der Waals surface area contributed by atoms with Crippen molar-refractivity contribution in [3.63, 3.8) is 0 Å². The summed E-state index contributed by atoms with van der Waals surface area (Å²) in [5.74, 6) is 0. The van der Waals surface area contributed by atoms with Crippen LogP contribution in [0.3, 0.4) is 0 Å². The summed E-state index contributed by atoms with van der Waals surface area (Å²) in [5, 5.41) is 7.66. The van der Waals surface area contributed by atoms with Crippen molar-refractivity contribution in [2.75, 3.05) is 0 Å². The second-order valence-electron chi connectivity index (χ2n) is 4.69. The molecule has 0 fully saturated rings. The fourth-order valence-electron chi connectivity index (χ4n) is 1.49. The van der Waals surface area contributed by atoms with Crippen LogP contribution in [0, 0.1) is 5.41 Å². The zero-order valence-corrected chi connectivity index (χ0v) is 11.7. The number of hydrogen-bond donors (Lipinski definition) is 1. The van der Waals surface area contributed by atoms with Gasteiger partial charge in [0.1, 0.15) is 0 Å². The second-order valence-corrected chi connectivity index (χ2v) is 4.69. The summed E-state index contributed by atoms with van der Waals surface area (Å²) in [6.45, 7) is 11.9. The van der Waals surface area contributed by atoms with Gasteiger partial charge in [-0.1, -0.05) is 42.5 Å². The van der Waals surface area contributed by atoms with E-state index in [2.05, 4.69) is 44.7 Å². The Hall–Kier alpha value is -1.89. The van der Waals surface area contributed by atoms with E-state index in [0.717, 1.165) is 16.7 Å². The summed E-state index contributed by atoms with van der Waals surface area (Å²) < 4.78 is 0. The summed E-state index contributed by atoms with van der Waals surface area (Å²) in [5.41, 5.74) is 6.19. The lowest BCUT2D eigenvalue weighted by atomic mass is 10.0. The highest BCUT2D eigenvalue weighted by Gasteiger charge is 1.99. The van der Waals surface area contributed by atoms with Crippen molar-refractivity contribution in [2.24, 2.45) is 0 Å². The van der Waals surface area contributed by atoms with E-state index in [1.807, 2.05) is 26.0 Å². The first-order valence-corrected chi connectivity index (χ1v) is 6.09. The molecule has 0 spiro atoms. The standard InChI is InChI=1S/C17H21N/c1-12(2)13(3)9-10-14(4)16-7-6-8-17(11-16)15(5)18/h6-11,18H,1H2,2-5H3/b13-9?,14-10+,18-15?. The van der Waals surface area contributed by atoms with Gasteiger partial charge in [0, 0.05) is 5.71 Å². The first-order chi connectivity index (χ1) is 8.41. The van der Waals surface area contributed by atoms with E-state index in [1.165, 1.54) is 11.1 Å². The Kier molecular flexibility index (Phi) is 4.85. The molecule has 1 rings (SSSR count). The Morgan fingerprint density at radius 1 is 1.06 bits per heavy atom. The molecule has 1 nitrogen and oxygen atoms in total. The predicted octanol–water partition coefficient (Wildman–Crippen LogP) is 5.00. The number of allylic oxidation sites excluding steroid dienone is 5. The van der Waals surface area contributed by atoms with Crippen molar-refractivity contribution in [1.29, 1.82) is 5.41 Å². The van der Waals surface area contributed by atoms with Crippen LogP contribution in [0.4, 0.5) is 0 Å². The van der Waals surface area contributed by atoms with Crippen LogP contribution in [0.1, 0.15) is 38.8 Å². The van der Waals surface area contributed by atoms with Crippen molar-refractivity contribution in [3.8, 4) is 0 Å². The van der Waals surface area contributed by atoms with Crippen LogP contribution in [0.25, 0.3) is 5.57 Å². The van der Waals surface area contributed by atoms with E-state index < -0.39 is 0 Å². The number of nitrogens with one attached hydrogen (secondary N) is 1. The van der Waals surface area contributed by atoms with Gasteiger partial charge in [0.05, 0.1) is 0 Å². The second kappa shape index (κ2) is 6.15. The van der Waals surface area contributed by atoms with E-state index in [9.17, 15) is 0 Å². The third kappa shape index (κ3) is 3.85. The largest absolute Gasteiger partial charge is 0.305 e. The molecule has 1 heteroatoms. The van der Waals surface area contributed by atoms with Gasteiger partial charge in [0.25, 0.3) is 0 Å². The van der Waals surface area contributed by atoms with E-state index >= 15 is 0 Å². The van der Waals surface area contributed by atoms with Crippen molar-refractivity contribution < 1.29 is 0 Å². The summed E-state index contributed by atoms with van der Waals surface area (Å²) >= 11 is 0. The van der Waals surface area contributed by atoms with Crippen molar-refractivity contribution in [2.45, 2.75) is 27.7 Å². The van der Waals surface area contributed by atoms with Gasteiger partial charge >= 0.3 is 0 Å². The average molecular weight is 239 g/mol. The van der Waals surface area contributed by atoms with Gasteiger partial charge in [-0.15, -0.1) is 0 Å². The fraction of sp³-hybridized carbons (Fsp3) is 0.235. The molecule has 0 amide bonds. The van der Waals surface area contributed by atoms with Crippen LogP contribution in [-0.4, -0.2) is 5.71 Å². The molecule has 1 N–H and O–H groups in total. The van der Waals surface area contributed by atoms with Gasteiger partial charge in [-0.2, -0.15) is 0 Å². The average Bonchev–Trinajstić information content (AvgIpc) is 2.35. The first kappa shape index (κ1) is 14.2. The van der Waals surface area contributed by atoms with Gasteiger partial charge in [0.2, 0.25) is 0 Å². The molecule has 0 atom stereocenters. The van der Waals surface area contributed by atoms with Gasteiger partial charge in [-0.05, 0) is 56.0 Å². The smallest absolute Gasteiger partial charge is 0.0355 e. The third-order valence-electron chi connectivity index (χ3n) is 3.01. The molecule has 0 bridgehead atoms. The molecular weight excluding hydrogens is 218 g/mol. The van der Waals surface area contributed by atoms with E-state index in [1.54, 1.807) is 0 Å². The number of hydrogen-bond acceptors (Lipinski definition) is 1. The maximum Gasteiger partial charge on any atom is 0.0355 e. The van der Waals surface area contributed by atoms with Crippen LogP contribution >= 0.6 is 0 Å². The molecule has 0 aliphatic carbocycles. The number of benzene rings is 1. The monoisotopic (exact) mass is 239 g/mol. The quantitative estimate of drug-likeness (QED) is 0.564. The van der Waals surface area contributed by atoms with Crippen LogP contribution in [0.2, 0.25) is 0 Å². The lowest BCUT2D eigenvalue weighted by Gasteiger charge is -2.04. The summed E-state index contributed by atoms with van der Waals surface area (Å²) in [7, 11) is 0. The molecule has 0 radical (unpaired) electrons. The summed E-state index contributed by atoms with van der Waals surface area (Å²) in [4.78, 5) is 0. The Morgan fingerprint density at radius 2 is 1.67 bits per heavy atom. The van der Waals surface area contributed by atoms with Gasteiger partial charge in [0.15, 0.2) is 0 Å². The van der Waals surface area contributed by atoms with Crippen LogP contribution in [0.5, 0.6) is 0 Å². The van der Waals surface area contributed by atoms with Crippen molar-refractivity contribution >= 4 is 11.3 Å². The summed E-state index contributed by atoms with van der Waals surface area (Å²) in [6, 6.07) is 8.09. The molecule has 18 heavy (non-hydrogen) atoms. The van der Waals surface area contributed by atoms with Gasteiger partial charge < -0.3 is 5.41 Å². The van der Waals surface area contributed by atoms with Crippen LogP contribution in [0.15, 0.2) is 54.1 Å². The third-order valence-corrected chi connectivity index (χ3v) is 3.01. The minimum atomic E-state index is 0.596. The molecule has 0 aliphatic rings. The highest BCUT2D eigenvalue weighted by molar-refractivity contribution is 5.96. The Bertz CT molecular complexity index is 530. The predicted molar refractivity (Wildman–Crippen MR) is 81.2 cm³/mol. The van der Waals surface area contributed by atoms with Gasteiger partial charge in [-0.25, -0.2) is 0 Å².